The number of nitrogens with one attached hydrogen (secondary N) is 2. The standard InChI is InChI=1S/C27H21N5O8/c1-32(27(37)39-3)21-12-22-19(11-17(21)15-5-7-16(8-6-15)29-26(36)38-2)23(31-40-22)24(33)30-20-9-4-14(13-28)10-18(20)25(34)35/h4-12H,1-3H3,(H,29,36)(H,30,33)(H,34,35). The van der Waals surface area contributed by atoms with Gasteiger partial charge in [-0.15, -0.1) is 0 Å². The summed E-state index contributed by atoms with van der Waals surface area (Å²) in [6.45, 7) is 0. The van der Waals surface area contributed by atoms with E-state index < -0.39 is 24.1 Å². The van der Waals surface area contributed by atoms with E-state index in [1.165, 1.54) is 44.4 Å². The van der Waals surface area contributed by atoms with Gasteiger partial charge in [0.05, 0.1) is 48.2 Å². The van der Waals surface area contributed by atoms with Crippen molar-refractivity contribution in [3.05, 3.63) is 71.4 Å². The Hall–Kier alpha value is -5.90. The lowest BCUT2D eigenvalue weighted by molar-refractivity contribution is 0.0698. The van der Waals surface area contributed by atoms with Gasteiger partial charge in [-0.1, -0.05) is 17.3 Å². The second-order valence-corrected chi connectivity index (χ2v) is 8.25. The summed E-state index contributed by atoms with van der Waals surface area (Å²) in [5, 5.41) is 27.8. The molecule has 0 spiro atoms. The van der Waals surface area contributed by atoms with Crippen LogP contribution in [0.2, 0.25) is 0 Å². The maximum atomic E-state index is 13.2. The van der Waals surface area contributed by atoms with Crippen LogP contribution in [0.4, 0.5) is 26.7 Å². The van der Waals surface area contributed by atoms with Gasteiger partial charge in [-0.05, 0) is 42.0 Å². The minimum absolute atomic E-state index is 0.0383. The van der Waals surface area contributed by atoms with E-state index in [-0.39, 0.29) is 33.5 Å². The summed E-state index contributed by atoms with van der Waals surface area (Å²) < 4.78 is 14.8. The zero-order valence-electron chi connectivity index (χ0n) is 21.3. The van der Waals surface area contributed by atoms with Crippen molar-refractivity contribution in [3.8, 4) is 17.2 Å². The molecule has 40 heavy (non-hydrogen) atoms. The summed E-state index contributed by atoms with van der Waals surface area (Å²) in [5.41, 5.74) is 1.75. The Balaban J connectivity index is 1.79. The first-order valence-corrected chi connectivity index (χ1v) is 11.5. The van der Waals surface area contributed by atoms with E-state index in [0.717, 1.165) is 6.07 Å². The largest absolute Gasteiger partial charge is 0.478 e. The normalized spacial score (nSPS) is 10.3. The Morgan fingerprint density at radius 1 is 1.00 bits per heavy atom. The van der Waals surface area contributed by atoms with Gasteiger partial charge in [-0.25, -0.2) is 14.4 Å². The second kappa shape index (κ2) is 11.2. The number of methoxy groups -OCH3 is 2. The van der Waals surface area contributed by atoms with Crippen LogP contribution in [0.5, 0.6) is 0 Å². The van der Waals surface area contributed by atoms with Crippen LogP contribution in [-0.4, -0.2) is 55.6 Å². The van der Waals surface area contributed by atoms with E-state index in [1.54, 1.807) is 30.3 Å². The summed E-state index contributed by atoms with van der Waals surface area (Å²) >= 11 is 0. The number of fused-ring (bicyclic) bond motifs is 1. The molecule has 0 fully saturated rings. The van der Waals surface area contributed by atoms with Gasteiger partial charge in [-0.3, -0.25) is 15.0 Å². The van der Waals surface area contributed by atoms with Crippen LogP contribution < -0.4 is 15.5 Å². The number of benzene rings is 3. The highest BCUT2D eigenvalue weighted by molar-refractivity contribution is 6.14. The molecule has 3 aromatic carbocycles. The number of aromatic carboxylic acids is 1. The fourth-order valence-corrected chi connectivity index (χ4v) is 3.86. The number of amides is 3. The lowest BCUT2D eigenvalue weighted by Gasteiger charge is -2.20. The molecule has 0 bridgehead atoms. The highest BCUT2D eigenvalue weighted by atomic mass is 16.5. The maximum absolute atomic E-state index is 13.2. The molecule has 0 saturated carbocycles. The summed E-state index contributed by atoms with van der Waals surface area (Å²) in [4.78, 5) is 50.0. The Bertz CT molecular complexity index is 1690. The molecule has 4 aromatic rings. The minimum Gasteiger partial charge on any atom is -0.478 e. The molecule has 0 atom stereocenters. The van der Waals surface area contributed by atoms with E-state index in [2.05, 4.69) is 20.5 Å². The van der Waals surface area contributed by atoms with Crippen molar-refractivity contribution in [2.75, 3.05) is 36.8 Å². The molecule has 0 aliphatic heterocycles. The topological polar surface area (TPSA) is 184 Å². The van der Waals surface area contributed by atoms with Gasteiger partial charge in [0.25, 0.3) is 5.91 Å². The highest BCUT2D eigenvalue weighted by Gasteiger charge is 2.24. The summed E-state index contributed by atoms with van der Waals surface area (Å²) in [7, 11) is 3.96. The van der Waals surface area contributed by atoms with E-state index in [0.29, 0.717) is 22.5 Å². The van der Waals surface area contributed by atoms with Crippen molar-refractivity contribution in [1.82, 2.24) is 5.16 Å². The molecule has 0 radical (unpaired) electrons. The number of anilines is 3. The number of carbonyl (C=O) groups excluding carboxylic acids is 3. The Labute approximate surface area is 226 Å². The first kappa shape index (κ1) is 27.1. The molecular formula is C27H21N5O8. The minimum atomic E-state index is -1.33. The highest BCUT2D eigenvalue weighted by Crippen LogP contribution is 2.37. The van der Waals surface area contributed by atoms with E-state index >= 15 is 0 Å². The molecule has 0 unspecified atom stereocenters. The zero-order chi connectivity index (χ0) is 29.0. The van der Waals surface area contributed by atoms with Crippen molar-refractivity contribution >= 4 is 52.1 Å². The number of nitriles is 1. The average Bonchev–Trinajstić information content (AvgIpc) is 3.39. The number of aromatic nitrogens is 1. The molecule has 1 heterocycles. The summed E-state index contributed by atoms with van der Waals surface area (Å²) in [6, 6.07) is 15.4. The molecule has 13 nitrogen and oxygen atoms in total. The third kappa shape index (κ3) is 5.36. The summed E-state index contributed by atoms with van der Waals surface area (Å²) in [6.07, 6.45) is -1.31. The molecule has 0 aliphatic carbocycles. The Morgan fingerprint density at radius 2 is 1.73 bits per heavy atom. The third-order valence-electron chi connectivity index (χ3n) is 5.87. The van der Waals surface area contributed by atoms with Crippen LogP contribution in [0.3, 0.4) is 0 Å². The Kier molecular flexibility index (Phi) is 7.62. The van der Waals surface area contributed by atoms with Crippen molar-refractivity contribution in [3.63, 3.8) is 0 Å². The van der Waals surface area contributed by atoms with E-state index in [4.69, 9.17) is 14.5 Å². The molecule has 3 amide bonds. The first-order chi connectivity index (χ1) is 19.2. The van der Waals surface area contributed by atoms with Gasteiger partial charge >= 0.3 is 18.2 Å². The maximum Gasteiger partial charge on any atom is 0.413 e. The van der Waals surface area contributed by atoms with Gasteiger partial charge in [0.2, 0.25) is 0 Å². The lowest BCUT2D eigenvalue weighted by atomic mass is 9.99. The average molecular weight is 543 g/mol. The molecule has 0 aliphatic rings. The first-order valence-electron chi connectivity index (χ1n) is 11.5. The molecule has 202 valence electrons. The quantitative estimate of drug-likeness (QED) is 0.308. The van der Waals surface area contributed by atoms with Gasteiger partial charge in [0.1, 0.15) is 0 Å². The molecule has 3 N–H and O–H groups in total. The molecule has 4 rings (SSSR count). The van der Waals surface area contributed by atoms with Crippen LogP contribution in [0.25, 0.3) is 22.1 Å². The van der Waals surface area contributed by atoms with Gasteiger partial charge in [0.15, 0.2) is 11.3 Å². The van der Waals surface area contributed by atoms with Crippen LogP contribution in [-0.2, 0) is 9.47 Å². The number of rotatable bonds is 6. The molecular weight excluding hydrogens is 522 g/mol. The predicted octanol–water partition coefficient (Wildman–Crippen LogP) is 4.70. The van der Waals surface area contributed by atoms with E-state index in [9.17, 15) is 24.3 Å². The number of hydrogen-bond donors (Lipinski definition) is 3. The molecule has 1 aromatic heterocycles. The number of carboxylic acids is 1. The van der Waals surface area contributed by atoms with Crippen LogP contribution in [0.1, 0.15) is 26.4 Å². The second-order valence-electron chi connectivity index (χ2n) is 8.25. The fourth-order valence-electron chi connectivity index (χ4n) is 3.86. The number of carboxylic acid groups (broad SMARTS) is 1. The van der Waals surface area contributed by atoms with Gasteiger partial charge in [0, 0.05) is 24.4 Å². The number of carbonyl (C=O) groups is 4. The van der Waals surface area contributed by atoms with E-state index in [1.807, 2.05) is 6.07 Å². The number of nitrogens with zero attached hydrogens (tertiary/aromatic N) is 3. The molecule has 13 heteroatoms. The predicted molar refractivity (Wildman–Crippen MR) is 142 cm³/mol. The third-order valence-corrected chi connectivity index (χ3v) is 5.87. The van der Waals surface area contributed by atoms with Crippen molar-refractivity contribution < 1.29 is 38.3 Å². The van der Waals surface area contributed by atoms with Crippen LogP contribution in [0.15, 0.2) is 59.1 Å². The van der Waals surface area contributed by atoms with Crippen molar-refractivity contribution in [1.29, 1.82) is 5.26 Å². The fraction of sp³-hybridized carbons (Fsp3) is 0.111. The SMILES string of the molecule is COC(=O)Nc1ccc(-c2cc3c(C(=O)Nc4ccc(C#N)cc4C(=O)O)noc3cc2N(C)C(=O)OC)cc1. The van der Waals surface area contributed by atoms with Gasteiger partial charge < -0.3 is 24.4 Å². The summed E-state index contributed by atoms with van der Waals surface area (Å²) in [5.74, 6) is -2.09. The van der Waals surface area contributed by atoms with Crippen molar-refractivity contribution in [2.45, 2.75) is 0 Å². The van der Waals surface area contributed by atoms with Crippen molar-refractivity contribution in [2.24, 2.45) is 0 Å². The Morgan fingerprint density at radius 3 is 2.35 bits per heavy atom. The van der Waals surface area contributed by atoms with Gasteiger partial charge in [-0.2, -0.15) is 5.26 Å². The monoisotopic (exact) mass is 543 g/mol. The number of ether oxygens (including phenoxy) is 2. The number of hydrogen-bond acceptors (Lipinski definition) is 9. The smallest absolute Gasteiger partial charge is 0.413 e. The lowest BCUT2D eigenvalue weighted by Crippen LogP contribution is -2.26. The van der Waals surface area contributed by atoms with Crippen LogP contribution >= 0.6 is 0 Å². The molecule has 0 saturated heterocycles. The van der Waals surface area contributed by atoms with Crippen LogP contribution in [0, 0.1) is 11.3 Å². The zero-order valence-corrected chi connectivity index (χ0v) is 21.3.